The fraction of sp³-hybridized carbons (Fsp3) is 0.154. The number of nitrogens with zero attached hydrogens (tertiary/aromatic N) is 3. The fourth-order valence-corrected chi connectivity index (χ4v) is 4.99. The van der Waals surface area contributed by atoms with Gasteiger partial charge < -0.3 is 19.5 Å². The Balaban J connectivity index is 1.67. The third-order valence-corrected chi connectivity index (χ3v) is 6.53. The van der Waals surface area contributed by atoms with Crippen LogP contribution >= 0.6 is 11.6 Å². The monoisotopic (exact) mass is 490 g/mol. The number of aromatic nitrogens is 3. The largest absolute Gasteiger partial charge is 0.493 e. The van der Waals surface area contributed by atoms with Gasteiger partial charge in [0.25, 0.3) is 0 Å². The summed E-state index contributed by atoms with van der Waals surface area (Å²) in [7, 11) is 3.16. The average molecular weight is 491 g/mol. The summed E-state index contributed by atoms with van der Waals surface area (Å²) in [5.41, 5.74) is 3.40. The van der Waals surface area contributed by atoms with Crippen molar-refractivity contribution in [3.05, 3.63) is 100 Å². The van der Waals surface area contributed by atoms with Crippen LogP contribution < -0.4 is 19.5 Å². The molecule has 0 amide bonds. The standard InChI is InChI=1S/C26H20ClFN4O3/c1-33-20-9-5-7-16(24(20)34-2)25-21-22(17-12-14(27)10-11-19(17)35-25)31-26-29-13-30-32(26)23(21)15-6-3-4-8-18(15)28/h3-13,23,25H,1-2H3,(H,29,30,31)/t23-,25-/m1/s1. The van der Waals surface area contributed by atoms with Gasteiger partial charge in [-0.05, 0) is 30.3 Å². The summed E-state index contributed by atoms with van der Waals surface area (Å²) in [6, 6.07) is 17.0. The number of halogens is 2. The zero-order chi connectivity index (χ0) is 24.1. The Labute approximate surface area is 205 Å². The van der Waals surface area contributed by atoms with Crippen molar-refractivity contribution in [1.29, 1.82) is 0 Å². The van der Waals surface area contributed by atoms with Gasteiger partial charge in [0, 0.05) is 27.3 Å². The molecule has 2 atom stereocenters. The highest BCUT2D eigenvalue weighted by Gasteiger charge is 2.43. The van der Waals surface area contributed by atoms with Gasteiger partial charge in [-0.2, -0.15) is 10.1 Å². The summed E-state index contributed by atoms with van der Waals surface area (Å²) in [5.74, 6) is 1.84. The van der Waals surface area contributed by atoms with Crippen molar-refractivity contribution >= 4 is 23.2 Å². The smallest absolute Gasteiger partial charge is 0.226 e. The molecule has 4 aromatic rings. The van der Waals surface area contributed by atoms with E-state index in [4.69, 9.17) is 25.8 Å². The van der Waals surface area contributed by atoms with Crippen LogP contribution in [-0.2, 0) is 0 Å². The van der Waals surface area contributed by atoms with E-state index in [0.29, 0.717) is 33.8 Å². The van der Waals surface area contributed by atoms with Crippen molar-refractivity contribution in [2.45, 2.75) is 12.1 Å². The zero-order valence-corrected chi connectivity index (χ0v) is 19.6. The summed E-state index contributed by atoms with van der Waals surface area (Å²) < 4.78 is 34.8. The van der Waals surface area contributed by atoms with Crippen LogP contribution in [0.3, 0.4) is 0 Å². The molecule has 0 unspecified atom stereocenters. The van der Waals surface area contributed by atoms with E-state index >= 15 is 4.39 Å². The molecule has 7 nitrogen and oxygen atoms in total. The molecule has 3 heterocycles. The van der Waals surface area contributed by atoms with Crippen molar-refractivity contribution < 1.29 is 18.6 Å². The van der Waals surface area contributed by atoms with Crippen LogP contribution in [0.1, 0.15) is 28.8 Å². The van der Waals surface area contributed by atoms with Crippen molar-refractivity contribution in [3.8, 4) is 17.2 Å². The number of benzene rings is 3. The molecular formula is C26H20ClFN4O3. The first-order valence-electron chi connectivity index (χ1n) is 10.9. The number of methoxy groups -OCH3 is 2. The Morgan fingerprint density at radius 1 is 1.03 bits per heavy atom. The Hall–Kier alpha value is -4.04. The number of ether oxygens (including phenoxy) is 3. The highest BCUT2D eigenvalue weighted by Crippen LogP contribution is 2.53. The summed E-state index contributed by atoms with van der Waals surface area (Å²) >= 11 is 6.37. The molecule has 2 aliphatic rings. The van der Waals surface area contributed by atoms with Crippen LogP contribution in [0.25, 0.3) is 5.70 Å². The lowest BCUT2D eigenvalue weighted by atomic mass is 9.84. The topological polar surface area (TPSA) is 70.4 Å². The summed E-state index contributed by atoms with van der Waals surface area (Å²) in [4.78, 5) is 4.37. The third-order valence-electron chi connectivity index (χ3n) is 6.29. The van der Waals surface area contributed by atoms with Crippen molar-refractivity contribution in [1.82, 2.24) is 14.8 Å². The third kappa shape index (κ3) is 3.32. The minimum absolute atomic E-state index is 0.360. The number of hydrogen-bond acceptors (Lipinski definition) is 6. The van der Waals surface area contributed by atoms with Gasteiger partial charge in [0.1, 0.15) is 23.9 Å². The van der Waals surface area contributed by atoms with Gasteiger partial charge >= 0.3 is 0 Å². The maximum absolute atomic E-state index is 15.3. The van der Waals surface area contributed by atoms with Gasteiger partial charge in [-0.3, -0.25) is 0 Å². The summed E-state index contributed by atoms with van der Waals surface area (Å²) in [6.07, 6.45) is 0.786. The van der Waals surface area contributed by atoms with E-state index < -0.39 is 12.1 Å². The molecule has 3 aromatic carbocycles. The molecule has 1 N–H and O–H groups in total. The van der Waals surface area contributed by atoms with E-state index in [9.17, 15) is 0 Å². The Bertz CT molecular complexity index is 1490. The van der Waals surface area contributed by atoms with E-state index in [1.165, 1.54) is 12.4 Å². The van der Waals surface area contributed by atoms with E-state index in [1.807, 2.05) is 30.3 Å². The van der Waals surface area contributed by atoms with Crippen LogP contribution in [0.5, 0.6) is 17.2 Å². The number of para-hydroxylation sites is 1. The highest BCUT2D eigenvalue weighted by atomic mass is 35.5. The number of anilines is 1. The zero-order valence-electron chi connectivity index (χ0n) is 18.8. The first kappa shape index (κ1) is 21.5. The molecule has 0 aliphatic carbocycles. The average Bonchev–Trinajstić information content (AvgIpc) is 3.35. The molecule has 9 heteroatoms. The molecule has 6 rings (SSSR count). The Morgan fingerprint density at radius 3 is 2.66 bits per heavy atom. The molecule has 0 bridgehead atoms. The van der Waals surface area contributed by atoms with E-state index in [2.05, 4.69) is 15.4 Å². The van der Waals surface area contributed by atoms with Gasteiger partial charge in [0.2, 0.25) is 5.95 Å². The van der Waals surface area contributed by atoms with E-state index in [1.54, 1.807) is 43.2 Å². The number of nitrogens with one attached hydrogen (secondary N) is 1. The van der Waals surface area contributed by atoms with Crippen molar-refractivity contribution in [3.63, 3.8) is 0 Å². The second-order valence-corrected chi connectivity index (χ2v) is 8.57. The fourth-order valence-electron chi connectivity index (χ4n) is 4.81. The Morgan fingerprint density at radius 2 is 1.86 bits per heavy atom. The molecule has 176 valence electrons. The normalized spacial score (nSPS) is 18.1. The summed E-state index contributed by atoms with van der Waals surface area (Å²) in [5, 5.41) is 8.36. The molecule has 35 heavy (non-hydrogen) atoms. The van der Waals surface area contributed by atoms with Gasteiger partial charge in [0.15, 0.2) is 17.6 Å². The molecule has 0 saturated carbocycles. The predicted octanol–water partition coefficient (Wildman–Crippen LogP) is 5.65. The molecule has 0 spiro atoms. The first-order valence-corrected chi connectivity index (χ1v) is 11.3. The van der Waals surface area contributed by atoms with E-state index in [-0.39, 0.29) is 5.82 Å². The van der Waals surface area contributed by atoms with Gasteiger partial charge in [0.05, 0.1) is 19.9 Å². The lowest BCUT2D eigenvalue weighted by Crippen LogP contribution is -2.33. The molecule has 1 aromatic heterocycles. The maximum atomic E-state index is 15.3. The van der Waals surface area contributed by atoms with Crippen LogP contribution in [0, 0.1) is 5.82 Å². The second kappa shape index (κ2) is 8.32. The van der Waals surface area contributed by atoms with Gasteiger partial charge in [-0.1, -0.05) is 41.9 Å². The van der Waals surface area contributed by atoms with Gasteiger partial charge in [-0.15, -0.1) is 0 Å². The van der Waals surface area contributed by atoms with Gasteiger partial charge in [-0.25, -0.2) is 9.07 Å². The number of hydrogen-bond donors (Lipinski definition) is 1. The maximum Gasteiger partial charge on any atom is 0.226 e. The van der Waals surface area contributed by atoms with Crippen LogP contribution in [-0.4, -0.2) is 29.0 Å². The molecule has 0 saturated heterocycles. The highest BCUT2D eigenvalue weighted by molar-refractivity contribution is 6.30. The van der Waals surface area contributed by atoms with Crippen LogP contribution in [0.2, 0.25) is 5.02 Å². The molecule has 2 aliphatic heterocycles. The Kier molecular flexibility index (Phi) is 5.11. The quantitative estimate of drug-likeness (QED) is 0.399. The first-order chi connectivity index (χ1) is 17.1. The number of fused-ring (bicyclic) bond motifs is 3. The summed E-state index contributed by atoms with van der Waals surface area (Å²) in [6.45, 7) is 0. The molecule has 0 fully saturated rings. The second-order valence-electron chi connectivity index (χ2n) is 8.13. The molecular weight excluding hydrogens is 471 g/mol. The SMILES string of the molecule is COc1cccc([C@H]2Oc3ccc(Cl)cc3C3=C2[C@@H](c2ccccc2F)n2ncnc2N3)c1OC. The van der Waals surface area contributed by atoms with Crippen molar-refractivity contribution in [2.24, 2.45) is 0 Å². The van der Waals surface area contributed by atoms with Crippen LogP contribution in [0.4, 0.5) is 10.3 Å². The lowest BCUT2D eigenvalue weighted by Gasteiger charge is -2.39. The lowest BCUT2D eigenvalue weighted by molar-refractivity contribution is 0.215. The van der Waals surface area contributed by atoms with Crippen molar-refractivity contribution in [2.75, 3.05) is 19.5 Å². The molecule has 0 radical (unpaired) electrons. The minimum Gasteiger partial charge on any atom is -0.493 e. The number of rotatable bonds is 4. The predicted molar refractivity (Wildman–Crippen MR) is 129 cm³/mol. The van der Waals surface area contributed by atoms with Crippen LogP contribution in [0.15, 0.2) is 72.6 Å². The van der Waals surface area contributed by atoms with E-state index in [0.717, 1.165) is 22.4 Å². The minimum atomic E-state index is -0.654.